The topological polar surface area (TPSA) is 55.2 Å². The Morgan fingerprint density at radius 1 is 1.08 bits per heavy atom. The van der Waals surface area contributed by atoms with Crippen LogP contribution in [0.2, 0.25) is 0 Å². The van der Waals surface area contributed by atoms with Gasteiger partial charge in [-0.2, -0.15) is 5.10 Å². The maximum absolute atomic E-state index is 12.8. The van der Waals surface area contributed by atoms with Gasteiger partial charge in [0.25, 0.3) is 0 Å². The van der Waals surface area contributed by atoms with E-state index >= 15 is 0 Å². The van der Waals surface area contributed by atoms with Crippen LogP contribution in [0.1, 0.15) is 22.8 Å². The molecule has 0 radical (unpaired) electrons. The number of anilines is 1. The molecule has 0 atom stereocenters. The van der Waals surface area contributed by atoms with E-state index in [4.69, 9.17) is 0 Å². The lowest BCUT2D eigenvalue weighted by Gasteiger charge is -2.16. The predicted octanol–water partition coefficient (Wildman–Crippen LogP) is 3.68. The highest BCUT2D eigenvalue weighted by Crippen LogP contribution is 2.35. The SMILES string of the molecule is CC(=O)N1/C(=C/c2cccc(-c3cnn(C)c3)c2)C(=O)c2ccccc21. The Kier molecular flexibility index (Phi) is 3.77. The summed E-state index contributed by atoms with van der Waals surface area (Å²) >= 11 is 0. The van der Waals surface area contributed by atoms with Gasteiger partial charge in [0, 0.05) is 31.3 Å². The van der Waals surface area contributed by atoms with Crippen LogP contribution in [0.3, 0.4) is 0 Å². The van der Waals surface area contributed by atoms with Gasteiger partial charge in [0.15, 0.2) is 0 Å². The molecule has 5 nitrogen and oxygen atoms in total. The summed E-state index contributed by atoms with van der Waals surface area (Å²) in [4.78, 5) is 26.4. The minimum Gasteiger partial charge on any atom is -0.287 e. The summed E-state index contributed by atoms with van der Waals surface area (Å²) < 4.78 is 1.75. The van der Waals surface area contributed by atoms with Gasteiger partial charge < -0.3 is 0 Å². The Bertz CT molecular complexity index is 1060. The van der Waals surface area contributed by atoms with Crippen molar-refractivity contribution in [2.24, 2.45) is 7.05 Å². The molecule has 5 heteroatoms. The maximum Gasteiger partial charge on any atom is 0.228 e. The lowest BCUT2D eigenvalue weighted by molar-refractivity contribution is -0.116. The van der Waals surface area contributed by atoms with Crippen LogP contribution in [0.4, 0.5) is 5.69 Å². The molecule has 1 aliphatic rings. The zero-order valence-corrected chi connectivity index (χ0v) is 14.5. The molecule has 128 valence electrons. The number of fused-ring (bicyclic) bond motifs is 1. The van der Waals surface area contributed by atoms with Crippen molar-refractivity contribution in [1.29, 1.82) is 0 Å². The monoisotopic (exact) mass is 343 g/mol. The number of carbonyl (C=O) groups is 2. The first kappa shape index (κ1) is 16.0. The van der Waals surface area contributed by atoms with E-state index in [1.165, 1.54) is 11.8 Å². The number of ketones is 1. The third kappa shape index (κ3) is 2.63. The average Bonchev–Trinajstić information content (AvgIpc) is 3.18. The molecule has 0 bridgehead atoms. The molecule has 0 saturated carbocycles. The van der Waals surface area contributed by atoms with Gasteiger partial charge in [-0.15, -0.1) is 0 Å². The fourth-order valence-corrected chi connectivity index (χ4v) is 3.24. The maximum atomic E-state index is 12.8. The molecule has 2 aromatic carbocycles. The minimum absolute atomic E-state index is 0.136. The van der Waals surface area contributed by atoms with Crippen LogP contribution in [0, 0.1) is 0 Å². The van der Waals surface area contributed by atoms with Crippen LogP contribution in [0.5, 0.6) is 0 Å². The first-order valence-electron chi connectivity index (χ1n) is 8.30. The molecule has 1 aliphatic heterocycles. The van der Waals surface area contributed by atoms with E-state index in [2.05, 4.69) is 5.10 Å². The Labute approximate surface area is 151 Å². The molecule has 0 unspecified atom stereocenters. The number of hydrogen-bond donors (Lipinski definition) is 0. The lowest BCUT2D eigenvalue weighted by Crippen LogP contribution is -2.25. The van der Waals surface area contributed by atoms with E-state index < -0.39 is 0 Å². The molecule has 1 amide bonds. The van der Waals surface area contributed by atoms with E-state index in [0.29, 0.717) is 16.9 Å². The van der Waals surface area contributed by atoms with Crippen molar-refractivity contribution in [1.82, 2.24) is 9.78 Å². The molecule has 0 spiro atoms. The van der Waals surface area contributed by atoms with Gasteiger partial charge in [-0.25, -0.2) is 0 Å². The van der Waals surface area contributed by atoms with Gasteiger partial charge in [0.1, 0.15) is 0 Å². The van der Waals surface area contributed by atoms with Crippen molar-refractivity contribution in [3.8, 4) is 11.1 Å². The zero-order chi connectivity index (χ0) is 18.3. The second-order valence-corrected chi connectivity index (χ2v) is 6.26. The lowest BCUT2D eigenvalue weighted by atomic mass is 10.0. The first-order valence-corrected chi connectivity index (χ1v) is 8.30. The first-order chi connectivity index (χ1) is 12.5. The summed E-state index contributed by atoms with van der Waals surface area (Å²) in [5.41, 5.74) is 4.43. The second-order valence-electron chi connectivity index (χ2n) is 6.26. The summed E-state index contributed by atoms with van der Waals surface area (Å²) in [5.74, 6) is -0.319. The fraction of sp³-hybridized carbons (Fsp3) is 0.0952. The third-order valence-electron chi connectivity index (χ3n) is 4.41. The highest BCUT2D eigenvalue weighted by molar-refractivity contribution is 6.26. The molecule has 1 aromatic heterocycles. The van der Waals surface area contributed by atoms with Crippen LogP contribution in [-0.2, 0) is 11.8 Å². The summed E-state index contributed by atoms with van der Waals surface area (Å²) in [7, 11) is 1.87. The molecule has 4 rings (SSSR count). The number of para-hydroxylation sites is 1. The molecule has 0 saturated heterocycles. The Morgan fingerprint density at radius 2 is 1.88 bits per heavy atom. The van der Waals surface area contributed by atoms with Crippen molar-refractivity contribution < 1.29 is 9.59 Å². The van der Waals surface area contributed by atoms with Gasteiger partial charge in [-0.05, 0) is 35.4 Å². The standard InChI is InChI=1S/C21H17N3O2/c1-14(25)24-19-9-4-3-8-18(19)21(26)20(24)11-15-6-5-7-16(10-15)17-12-22-23(2)13-17/h3-13H,1-2H3/b20-11+. The van der Waals surface area contributed by atoms with E-state index in [0.717, 1.165) is 16.7 Å². The number of amides is 1. The number of allylic oxidation sites excluding steroid dienone is 1. The molecule has 26 heavy (non-hydrogen) atoms. The van der Waals surface area contributed by atoms with Crippen LogP contribution in [0.15, 0.2) is 66.6 Å². The zero-order valence-electron chi connectivity index (χ0n) is 14.5. The number of aryl methyl sites for hydroxylation is 1. The number of carbonyl (C=O) groups excluding carboxylic acids is 2. The highest BCUT2D eigenvalue weighted by atomic mass is 16.2. The van der Waals surface area contributed by atoms with Crippen LogP contribution < -0.4 is 4.90 Å². The Balaban J connectivity index is 1.79. The molecule has 0 fully saturated rings. The minimum atomic E-state index is -0.182. The molecule has 3 aromatic rings. The largest absolute Gasteiger partial charge is 0.287 e. The van der Waals surface area contributed by atoms with Crippen LogP contribution in [0.25, 0.3) is 17.2 Å². The Morgan fingerprint density at radius 3 is 2.62 bits per heavy atom. The van der Waals surface area contributed by atoms with Gasteiger partial charge in [0.2, 0.25) is 11.7 Å². The molecule has 2 heterocycles. The number of aromatic nitrogens is 2. The van der Waals surface area contributed by atoms with Crippen molar-refractivity contribution >= 4 is 23.5 Å². The highest BCUT2D eigenvalue weighted by Gasteiger charge is 2.34. The number of benzene rings is 2. The molecule has 0 aliphatic carbocycles. The van der Waals surface area contributed by atoms with Crippen LogP contribution >= 0.6 is 0 Å². The van der Waals surface area contributed by atoms with E-state index in [-0.39, 0.29) is 11.7 Å². The third-order valence-corrected chi connectivity index (χ3v) is 4.41. The normalized spacial score (nSPS) is 14.8. The number of Topliss-reactive ketones (excluding diaryl/α,β-unsaturated/α-hetero) is 1. The number of nitrogens with zero attached hydrogens (tertiary/aromatic N) is 3. The van der Waals surface area contributed by atoms with E-state index in [1.807, 2.05) is 43.6 Å². The smallest absolute Gasteiger partial charge is 0.228 e. The van der Waals surface area contributed by atoms with Gasteiger partial charge >= 0.3 is 0 Å². The van der Waals surface area contributed by atoms with Gasteiger partial charge in [-0.3, -0.25) is 19.2 Å². The fourth-order valence-electron chi connectivity index (χ4n) is 3.24. The summed E-state index contributed by atoms with van der Waals surface area (Å²) in [6.07, 6.45) is 5.50. The molecular weight excluding hydrogens is 326 g/mol. The number of rotatable bonds is 2. The van der Waals surface area contributed by atoms with E-state index in [9.17, 15) is 9.59 Å². The second kappa shape index (κ2) is 6.11. The van der Waals surface area contributed by atoms with Crippen LogP contribution in [-0.4, -0.2) is 21.5 Å². The van der Waals surface area contributed by atoms with E-state index in [1.54, 1.807) is 35.2 Å². The van der Waals surface area contributed by atoms with Crippen molar-refractivity contribution in [3.63, 3.8) is 0 Å². The molecular formula is C21H17N3O2. The summed E-state index contributed by atoms with van der Waals surface area (Å²) in [6.45, 7) is 1.47. The van der Waals surface area contributed by atoms with Crippen molar-refractivity contribution in [3.05, 3.63) is 77.7 Å². The quantitative estimate of drug-likeness (QED) is 0.667. The van der Waals surface area contributed by atoms with Crippen molar-refractivity contribution in [2.45, 2.75) is 6.92 Å². The summed E-state index contributed by atoms with van der Waals surface area (Å²) in [6, 6.07) is 15.0. The number of hydrogen-bond acceptors (Lipinski definition) is 3. The predicted molar refractivity (Wildman–Crippen MR) is 101 cm³/mol. The summed E-state index contributed by atoms with van der Waals surface area (Å²) in [5, 5.41) is 4.19. The van der Waals surface area contributed by atoms with Crippen molar-refractivity contribution in [2.75, 3.05) is 4.90 Å². The Hall–Kier alpha value is -3.47. The van der Waals surface area contributed by atoms with Gasteiger partial charge in [-0.1, -0.05) is 30.3 Å². The average molecular weight is 343 g/mol. The molecule has 0 N–H and O–H groups in total. The van der Waals surface area contributed by atoms with Gasteiger partial charge in [0.05, 0.1) is 17.6 Å².